The first-order valence-corrected chi connectivity index (χ1v) is 23.5. The number of hydrogen-bond acceptors (Lipinski definition) is 4. The maximum Gasteiger partial charge on any atom is 0.124 e. The zero-order valence-corrected chi connectivity index (χ0v) is 39.1. The van der Waals surface area contributed by atoms with Crippen LogP contribution in [-0.2, 0) is 0 Å². The molecule has 4 nitrogen and oxygen atoms in total. The van der Waals surface area contributed by atoms with E-state index in [0.29, 0.717) is 0 Å². The maximum absolute atomic E-state index is 5.97. The van der Waals surface area contributed by atoms with Gasteiger partial charge in [0.2, 0.25) is 0 Å². The molecule has 0 saturated heterocycles. The molecule has 0 aliphatic carbocycles. The molecule has 6 aromatic rings. The minimum atomic E-state index is -1.00. The van der Waals surface area contributed by atoms with Crippen molar-refractivity contribution in [3.63, 3.8) is 0 Å². The predicted octanol–water partition coefficient (Wildman–Crippen LogP) is 12.3. The van der Waals surface area contributed by atoms with Crippen molar-refractivity contribution in [2.45, 2.75) is 80.1 Å². The van der Waals surface area contributed by atoms with E-state index in [1.807, 2.05) is 0 Å². The average Bonchev–Trinajstić information content (AvgIpc) is 3.20. The maximum atomic E-state index is 5.97. The smallest absolute Gasteiger partial charge is 0.124 e. The van der Waals surface area contributed by atoms with Gasteiger partial charge in [-0.2, -0.15) is 0 Å². The predicted molar refractivity (Wildman–Crippen MR) is 254 cm³/mol. The lowest BCUT2D eigenvalue weighted by Gasteiger charge is -2.43. The van der Waals surface area contributed by atoms with Gasteiger partial charge in [-0.15, -0.1) is 0 Å². The summed E-state index contributed by atoms with van der Waals surface area (Å²) in [7, 11) is 5.13. The quantitative estimate of drug-likeness (QED) is 0.0967. The highest BCUT2D eigenvalue weighted by Gasteiger charge is 2.42. The zero-order valence-electron chi connectivity index (χ0n) is 37.4. The van der Waals surface area contributed by atoms with Crippen LogP contribution in [-0.4, -0.2) is 28.4 Å². The molecule has 308 valence electrons. The van der Waals surface area contributed by atoms with Gasteiger partial charge in [0.05, 0.1) is 28.4 Å². The first-order chi connectivity index (χ1) is 28.4. The second-order valence-corrected chi connectivity index (χ2v) is 20.6. The van der Waals surface area contributed by atoms with Gasteiger partial charge in [-0.05, 0) is 203 Å². The molecule has 2 atom stereocenters. The van der Waals surface area contributed by atoms with E-state index in [-0.39, 0.29) is 17.2 Å². The summed E-state index contributed by atoms with van der Waals surface area (Å²) in [6.45, 7) is 19.9. The van der Waals surface area contributed by atoms with Crippen LogP contribution >= 0.6 is 15.8 Å². The number of methoxy groups -OCH3 is 4. The SMILES string of the molecule is CCC(C(c1ccccc1)P(c1cc(C)c(OC)c(C)c1)c1cc(C)c(OC)c(C)c1)C(c1ccccc1)P(c1cc(C)c(OC)c(C)c1)c1cc(C)c(OC)c(C)c1. The molecule has 0 spiro atoms. The van der Waals surface area contributed by atoms with Crippen molar-refractivity contribution in [1.29, 1.82) is 0 Å². The van der Waals surface area contributed by atoms with Gasteiger partial charge in [-0.25, -0.2) is 0 Å². The third-order valence-electron chi connectivity index (χ3n) is 11.8. The van der Waals surface area contributed by atoms with Crippen LogP contribution in [0.15, 0.2) is 109 Å². The molecular weight excluding hydrogens is 763 g/mol. The molecule has 59 heavy (non-hydrogen) atoms. The normalized spacial score (nSPS) is 13.0. The van der Waals surface area contributed by atoms with E-state index in [2.05, 4.69) is 172 Å². The van der Waals surface area contributed by atoms with Crippen LogP contribution in [0, 0.1) is 61.3 Å². The van der Waals surface area contributed by atoms with E-state index in [1.165, 1.54) is 32.3 Å². The topological polar surface area (TPSA) is 36.9 Å². The third kappa shape index (κ3) is 8.96. The lowest BCUT2D eigenvalue weighted by molar-refractivity contribution is 0.408. The number of aryl methyl sites for hydroxylation is 8. The molecule has 0 bridgehead atoms. The first-order valence-electron chi connectivity index (χ1n) is 20.7. The van der Waals surface area contributed by atoms with E-state index < -0.39 is 15.8 Å². The van der Waals surface area contributed by atoms with Crippen LogP contribution in [0.3, 0.4) is 0 Å². The van der Waals surface area contributed by atoms with Crippen LogP contribution in [0.2, 0.25) is 0 Å². The van der Waals surface area contributed by atoms with Crippen molar-refractivity contribution in [3.8, 4) is 23.0 Å². The fourth-order valence-corrected chi connectivity index (χ4v) is 16.7. The van der Waals surface area contributed by atoms with Gasteiger partial charge in [-0.3, -0.25) is 0 Å². The second kappa shape index (κ2) is 19.2. The highest BCUT2D eigenvalue weighted by molar-refractivity contribution is 7.74. The summed E-state index contributed by atoms with van der Waals surface area (Å²) >= 11 is 0. The molecular formula is C53H62O4P2. The van der Waals surface area contributed by atoms with E-state index >= 15 is 0 Å². The fraction of sp³-hybridized carbons (Fsp3) is 0.321. The number of rotatable bonds is 15. The Morgan fingerprint density at radius 1 is 0.373 bits per heavy atom. The monoisotopic (exact) mass is 824 g/mol. The summed E-state index contributed by atoms with van der Waals surface area (Å²) in [5.41, 5.74) is 12.3. The summed E-state index contributed by atoms with van der Waals surface area (Å²) in [5.74, 6) is 4.03. The highest BCUT2D eigenvalue weighted by Crippen LogP contribution is 2.65. The number of ether oxygens (including phenoxy) is 4. The molecule has 2 unspecified atom stereocenters. The lowest BCUT2D eigenvalue weighted by atomic mass is 9.89. The van der Waals surface area contributed by atoms with Gasteiger partial charge >= 0.3 is 0 Å². The summed E-state index contributed by atoms with van der Waals surface area (Å²) in [5, 5.41) is 5.43. The molecule has 0 amide bonds. The summed E-state index contributed by atoms with van der Waals surface area (Å²) in [6.07, 6.45) is 0.973. The minimum absolute atomic E-state index is 0.145. The van der Waals surface area contributed by atoms with Crippen molar-refractivity contribution in [1.82, 2.24) is 0 Å². The number of hydrogen-bond donors (Lipinski definition) is 0. The number of benzene rings is 6. The Bertz CT molecular complexity index is 2010. The molecule has 6 aromatic carbocycles. The molecule has 0 N–H and O–H groups in total. The lowest BCUT2D eigenvalue weighted by Crippen LogP contribution is -2.30. The largest absolute Gasteiger partial charge is 0.496 e. The average molecular weight is 825 g/mol. The van der Waals surface area contributed by atoms with Gasteiger partial charge < -0.3 is 18.9 Å². The molecule has 0 aliphatic heterocycles. The fourth-order valence-electron chi connectivity index (χ4n) is 9.59. The summed E-state index contributed by atoms with van der Waals surface area (Å²) in [4.78, 5) is 0. The van der Waals surface area contributed by atoms with Crippen LogP contribution in [0.5, 0.6) is 23.0 Å². The van der Waals surface area contributed by atoms with Crippen LogP contribution in [0.25, 0.3) is 0 Å². The van der Waals surface area contributed by atoms with E-state index in [0.717, 1.165) is 73.9 Å². The van der Waals surface area contributed by atoms with Crippen LogP contribution < -0.4 is 40.2 Å². The van der Waals surface area contributed by atoms with Crippen molar-refractivity contribution in [3.05, 3.63) is 165 Å². The molecule has 6 heteroatoms. The van der Waals surface area contributed by atoms with Crippen LogP contribution in [0.1, 0.15) is 80.3 Å². The first kappa shape index (κ1) is 43.9. The molecule has 0 heterocycles. The zero-order chi connectivity index (χ0) is 42.5. The van der Waals surface area contributed by atoms with Gasteiger partial charge in [0.1, 0.15) is 23.0 Å². The summed E-state index contributed by atoms with van der Waals surface area (Å²) in [6, 6.07) is 42.0. The van der Waals surface area contributed by atoms with E-state index in [4.69, 9.17) is 18.9 Å². The highest BCUT2D eigenvalue weighted by atomic mass is 31.1. The molecule has 0 saturated carbocycles. The summed E-state index contributed by atoms with van der Waals surface area (Å²) < 4.78 is 23.9. The van der Waals surface area contributed by atoms with Gasteiger partial charge in [0.15, 0.2) is 0 Å². The van der Waals surface area contributed by atoms with Gasteiger partial charge in [0.25, 0.3) is 0 Å². The molecule has 0 fully saturated rings. The Morgan fingerprint density at radius 3 is 0.780 bits per heavy atom. The van der Waals surface area contributed by atoms with Crippen molar-refractivity contribution in [2.24, 2.45) is 5.92 Å². The standard InChI is InChI=1S/C53H62O4P2/c1-14-47(52(41-21-17-15-18-22-41)58(43-25-33(2)48(54-10)34(3)26-43)44-27-35(4)49(55-11)36(5)28-44)53(42-23-19-16-20-24-42)59(45-29-37(6)50(56-12)38(7)30-45)46-31-39(8)51(57-13)40(9)32-46/h15-32,47,52-53H,14H2,1-13H3. The third-order valence-corrected chi connectivity index (χ3v) is 17.6. The molecule has 0 radical (unpaired) electrons. The Morgan fingerprint density at radius 2 is 0.593 bits per heavy atom. The Labute approximate surface area is 356 Å². The Hall–Kier alpha value is -4.62. The van der Waals surface area contributed by atoms with Gasteiger partial charge in [0, 0.05) is 11.3 Å². The van der Waals surface area contributed by atoms with Crippen molar-refractivity contribution >= 4 is 37.1 Å². The van der Waals surface area contributed by atoms with E-state index in [1.54, 1.807) is 28.4 Å². The Kier molecular flexibility index (Phi) is 14.3. The molecule has 6 rings (SSSR count). The molecule has 0 aromatic heterocycles. The van der Waals surface area contributed by atoms with Gasteiger partial charge in [-0.1, -0.05) is 74.0 Å². The van der Waals surface area contributed by atoms with Crippen molar-refractivity contribution in [2.75, 3.05) is 28.4 Å². The second-order valence-electron chi connectivity index (χ2n) is 16.0. The minimum Gasteiger partial charge on any atom is -0.496 e. The molecule has 0 aliphatic rings. The van der Waals surface area contributed by atoms with E-state index in [9.17, 15) is 0 Å². The van der Waals surface area contributed by atoms with Crippen molar-refractivity contribution < 1.29 is 18.9 Å². The Balaban J connectivity index is 1.75. The van der Waals surface area contributed by atoms with Crippen LogP contribution in [0.4, 0.5) is 0 Å².